The van der Waals surface area contributed by atoms with Crippen LogP contribution in [0, 0.1) is 0 Å². The summed E-state index contributed by atoms with van der Waals surface area (Å²) in [6.07, 6.45) is 0. The highest BCUT2D eigenvalue weighted by Gasteiger charge is 2.09. The minimum Gasteiger partial charge on any atom is -0.370 e. The molecular formula is C11H15ClN6O. The first-order valence-electron chi connectivity index (χ1n) is 5.45. The summed E-state index contributed by atoms with van der Waals surface area (Å²) in [7, 11) is 0. The van der Waals surface area contributed by atoms with E-state index in [1.54, 1.807) is 12.1 Å². The normalized spacial score (nSPS) is 10.9. The van der Waals surface area contributed by atoms with Gasteiger partial charge >= 0.3 is 0 Å². The summed E-state index contributed by atoms with van der Waals surface area (Å²) in [5.74, 6) is -0.534. The SMILES string of the molecule is CCNC(=O)c1ccc(N=C(N)N=C(N)N)cc1Cl. The van der Waals surface area contributed by atoms with Crippen LogP contribution >= 0.6 is 11.6 Å². The van der Waals surface area contributed by atoms with Crippen molar-refractivity contribution in [3.05, 3.63) is 28.8 Å². The van der Waals surface area contributed by atoms with Crippen LogP contribution in [0.15, 0.2) is 28.2 Å². The van der Waals surface area contributed by atoms with Crippen molar-refractivity contribution in [1.82, 2.24) is 5.32 Å². The maximum absolute atomic E-state index is 11.6. The van der Waals surface area contributed by atoms with E-state index in [4.69, 9.17) is 28.8 Å². The van der Waals surface area contributed by atoms with Crippen molar-refractivity contribution in [1.29, 1.82) is 0 Å². The Hall–Kier alpha value is -2.28. The number of halogens is 1. The molecule has 1 aromatic carbocycles. The zero-order chi connectivity index (χ0) is 14.4. The first-order valence-corrected chi connectivity index (χ1v) is 5.83. The number of aliphatic imine (C=N–C) groups is 2. The number of guanidine groups is 2. The number of hydrogen-bond donors (Lipinski definition) is 4. The summed E-state index contributed by atoms with van der Waals surface area (Å²) in [4.78, 5) is 19.1. The van der Waals surface area contributed by atoms with Gasteiger partial charge in [0.15, 0.2) is 5.96 Å². The number of nitrogens with two attached hydrogens (primary N) is 3. The molecule has 0 aliphatic rings. The average Bonchev–Trinajstić information content (AvgIpc) is 2.27. The third kappa shape index (κ3) is 4.47. The van der Waals surface area contributed by atoms with E-state index in [1.165, 1.54) is 6.07 Å². The summed E-state index contributed by atoms with van der Waals surface area (Å²) in [6, 6.07) is 4.64. The summed E-state index contributed by atoms with van der Waals surface area (Å²) in [6.45, 7) is 2.34. The maximum Gasteiger partial charge on any atom is 0.252 e. The van der Waals surface area contributed by atoms with Crippen molar-refractivity contribution in [3.63, 3.8) is 0 Å². The van der Waals surface area contributed by atoms with Gasteiger partial charge in [-0.05, 0) is 25.1 Å². The van der Waals surface area contributed by atoms with Crippen molar-refractivity contribution in [2.75, 3.05) is 6.54 Å². The van der Waals surface area contributed by atoms with Crippen molar-refractivity contribution >= 4 is 35.1 Å². The molecule has 1 rings (SSSR count). The summed E-state index contributed by atoms with van der Waals surface area (Å²) in [5, 5.41) is 2.92. The van der Waals surface area contributed by atoms with E-state index in [2.05, 4.69) is 15.3 Å². The topological polar surface area (TPSA) is 132 Å². The minimum absolute atomic E-state index is 0.0955. The summed E-state index contributed by atoms with van der Waals surface area (Å²) < 4.78 is 0. The fraction of sp³-hybridized carbons (Fsp3) is 0.182. The second-order valence-electron chi connectivity index (χ2n) is 3.53. The van der Waals surface area contributed by atoms with Gasteiger partial charge in [0, 0.05) is 6.54 Å². The van der Waals surface area contributed by atoms with E-state index < -0.39 is 0 Å². The second kappa shape index (κ2) is 6.60. The monoisotopic (exact) mass is 282 g/mol. The number of benzene rings is 1. The van der Waals surface area contributed by atoms with Crippen LogP contribution in [0.3, 0.4) is 0 Å². The van der Waals surface area contributed by atoms with Crippen LogP contribution < -0.4 is 22.5 Å². The van der Waals surface area contributed by atoms with Crippen molar-refractivity contribution in [2.24, 2.45) is 27.2 Å². The predicted molar refractivity (Wildman–Crippen MR) is 76.6 cm³/mol. The van der Waals surface area contributed by atoms with Gasteiger partial charge in [-0.15, -0.1) is 0 Å². The number of amides is 1. The van der Waals surface area contributed by atoms with Crippen LogP contribution in [-0.4, -0.2) is 24.4 Å². The highest BCUT2D eigenvalue weighted by molar-refractivity contribution is 6.34. The summed E-state index contributed by atoms with van der Waals surface area (Å²) >= 11 is 5.99. The quantitative estimate of drug-likeness (QED) is 0.469. The molecule has 0 aromatic heterocycles. The molecule has 0 aliphatic heterocycles. The first kappa shape index (κ1) is 14.8. The molecule has 0 bridgehead atoms. The van der Waals surface area contributed by atoms with E-state index in [0.29, 0.717) is 17.8 Å². The molecular weight excluding hydrogens is 268 g/mol. The van der Waals surface area contributed by atoms with Gasteiger partial charge in [0.25, 0.3) is 5.91 Å². The molecule has 0 atom stereocenters. The van der Waals surface area contributed by atoms with Crippen LogP contribution in [0.5, 0.6) is 0 Å². The van der Waals surface area contributed by atoms with E-state index in [9.17, 15) is 4.79 Å². The standard InChI is InChI=1S/C11H15ClN6O/c1-2-16-9(19)7-4-3-6(5-8(7)12)17-11(15)18-10(13)14/h3-5H,2H2,1H3,(H,16,19)(H6,13,14,15,17,18). The molecule has 1 aromatic rings. The van der Waals surface area contributed by atoms with Gasteiger partial charge in [-0.25, -0.2) is 4.99 Å². The maximum atomic E-state index is 11.6. The van der Waals surface area contributed by atoms with E-state index in [0.717, 1.165) is 0 Å². The molecule has 0 saturated carbocycles. The van der Waals surface area contributed by atoms with Gasteiger partial charge in [-0.1, -0.05) is 11.6 Å². The second-order valence-corrected chi connectivity index (χ2v) is 3.94. The molecule has 1 amide bonds. The van der Waals surface area contributed by atoms with Gasteiger partial charge in [0.1, 0.15) is 0 Å². The molecule has 0 unspecified atom stereocenters. The average molecular weight is 283 g/mol. The highest BCUT2D eigenvalue weighted by Crippen LogP contribution is 2.22. The number of nitrogens with zero attached hydrogens (tertiary/aromatic N) is 2. The lowest BCUT2D eigenvalue weighted by Gasteiger charge is -2.05. The van der Waals surface area contributed by atoms with E-state index in [-0.39, 0.29) is 22.8 Å². The predicted octanol–water partition coefficient (Wildman–Crippen LogP) is 0.309. The van der Waals surface area contributed by atoms with Crippen molar-refractivity contribution in [3.8, 4) is 0 Å². The third-order valence-electron chi connectivity index (χ3n) is 2.02. The zero-order valence-corrected chi connectivity index (χ0v) is 11.1. The highest BCUT2D eigenvalue weighted by atomic mass is 35.5. The molecule has 19 heavy (non-hydrogen) atoms. The molecule has 0 aliphatic carbocycles. The van der Waals surface area contributed by atoms with Gasteiger partial charge < -0.3 is 22.5 Å². The smallest absolute Gasteiger partial charge is 0.252 e. The van der Waals surface area contributed by atoms with E-state index >= 15 is 0 Å². The fourth-order valence-corrected chi connectivity index (χ4v) is 1.56. The lowest BCUT2D eigenvalue weighted by atomic mass is 10.2. The lowest BCUT2D eigenvalue weighted by Crippen LogP contribution is -2.26. The van der Waals surface area contributed by atoms with Crippen LogP contribution in [0.25, 0.3) is 0 Å². The van der Waals surface area contributed by atoms with Crippen molar-refractivity contribution < 1.29 is 4.79 Å². The molecule has 0 spiro atoms. The number of carbonyl (C=O) groups excluding carboxylic acids is 1. The Bertz CT molecular complexity index is 536. The zero-order valence-electron chi connectivity index (χ0n) is 10.4. The molecule has 7 N–H and O–H groups in total. The molecule has 0 radical (unpaired) electrons. The Labute approximate surface area is 115 Å². The molecule has 0 saturated heterocycles. The Morgan fingerprint density at radius 3 is 2.58 bits per heavy atom. The fourth-order valence-electron chi connectivity index (χ4n) is 1.30. The Morgan fingerprint density at radius 2 is 2.05 bits per heavy atom. The number of rotatable bonds is 3. The molecule has 8 heteroatoms. The third-order valence-corrected chi connectivity index (χ3v) is 2.33. The van der Waals surface area contributed by atoms with Crippen LogP contribution in [0.2, 0.25) is 5.02 Å². The van der Waals surface area contributed by atoms with Gasteiger partial charge in [-0.2, -0.15) is 4.99 Å². The number of hydrogen-bond acceptors (Lipinski definition) is 2. The first-order chi connectivity index (χ1) is 8.93. The lowest BCUT2D eigenvalue weighted by molar-refractivity contribution is 0.0956. The largest absolute Gasteiger partial charge is 0.370 e. The van der Waals surface area contributed by atoms with Gasteiger partial charge in [0.2, 0.25) is 5.96 Å². The molecule has 0 fully saturated rings. The Morgan fingerprint density at radius 1 is 1.37 bits per heavy atom. The van der Waals surface area contributed by atoms with Crippen LogP contribution in [0.1, 0.15) is 17.3 Å². The van der Waals surface area contributed by atoms with Crippen molar-refractivity contribution in [2.45, 2.75) is 6.92 Å². The Kier molecular flexibility index (Phi) is 5.13. The van der Waals surface area contributed by atoms with Gasteiger partial charge in [0.05, 0.1) is 16.3 Å². The van der Waals surface area contributed by atoms with Crippen LogP contribution in [0.4, 0.5) is 5.69 Å². The Balaban J connectivity index is 3.00. The van der Waals surface area contributed by atoms with E-state index in [1.807, 2.05) is 6.92 Å². The number of carbonyl (C=O) groups is 1. The van der Waals surface area contributed by atoms with Gasteiger partial charge in [-0.3, -0.25) is 4.79 Å². The molecule has 7 nitrogen and oxygen atoms in total. The molecule has 102 valence electrons. The van der Waals surface area contributed by atoms with Crippen LogP contribution in [-0.2, 0) is 0 Å². The molecule has 0 heterocycles. The number of nitrogens with one attached hydrogen (secondary N) is 1. The summed E-state index contributed by atoms with van der Waals surface area (Å²) in [5.41, 5.74) is 16.6. The minimum atomic E-state index is -0.250.